The Kier molecular flexibility index (Phi) is 6.38. The van der Waals surface area contributed by atoms with E-state index in [4.69, 9.17) is 0 Å². The Labute approximate surface area is 183 Å². The first-order valence-electron chi connectivity index (χ1n) is 9.85. The topological polar surface area (TPSA) is 76.0 Å². The van der Waals surface area contributed by atoms with Gasteiger partial charge in [0.05, 0.1) is 5.69 Å². The van der Waals surface area contributed by atoms with Crippen molar-refractivity contribution in [1.29, 1.82) is 0 Å². The fraction of sp³-hybridized carbons (Fsp3) is 0.261. The SMILES string of the molecule is CC(C)(C)C(=O)Nc1cccc(C(=O)NCc2ccc(-n3ccc(C(F)(F)F)n3)cc2)c1. The van der Waals surface area contributed by atoms with Crippen LogP contribution in [0.15, 0.2) is 60.8 Å². The summed E-state index contributed by atoms with van der Waals surface area (Å²) in [6.07, 6.45) is -3.26. The van der Waals surface area contributed by atoms with E-state index in [1.54, 1.807) is 69.3 Å². The molecule has 0 aliphatic carbocycles. The van der Waals surface area contributed by atoms with Crippen molar-refractivity contribution >= 4 is 17.5 Å². The lowest BCUT2D eigenvalue weighted by atomic mass is 9.95. The summed E-state index contributed by atoms with van der Waals surface area (Å²) in [7, 11) is 0. The number of rotatable bonds is 5. The number of halogens is 3. The summed E-state index contributed by atoms with van der Waals surface area (Å²) in [4.78, 5) is 24.6. The minimum Gasteiger partial charge on any atom is -0.348 e. The average Bonchev–Trinajstić information content (AvgIpc) is 3.23. The van der Waals surface area contributed by atoms with Gasteiger partial charge in [0.1, 0.15) is 0 Å². The maximum Gasteiger partial charge on any atom is 0.435 e. The highest BCUT2D eigenvalue weighted by Gasteiger charge is 2.33. The minimum atomic E-state index is -4.50. The van der Waals surface area contributed by atoms with Crippen molar-refractivity contribution in [1.82, 2.24) is 15.1 Å². The van der Waals surface area contributed by atoms with Crippen LogP contribution in [0.4, 0.5) is 18.9 Å². The first-order chi connectivity index (χ1) is 14.9. The lowest BCUT2D eigenvalue weighted by molar-refractivity contribution is -0.141. The van der Waals surface area contributed by atoms with Crippen molar-refractivity contribution < 1.29 is 22.8 Å². The summed E-state index contributed by atoms with van der Waals surface area (Å²) in [5, 5.41) is 9.10. The van der Waals surface area contributed by atoms with E-state index in [9.17, 15) is 22.8 Å². The van der Waals surface area contributed by atoms with Gasteiger partial charge >= 0.3 is 6.18 Å². The van der Waals surface area contributed by atoms with Gasteiger partial charge in [0, 0.05) is 29.4 Å². The van der Waals surface area contributed by atoms with Crippen LogP contribution in [0.1, 0.15) is 42.4 Å². The van der Waals surface area contributed by atoms with Gasteiger partial charge in [-0.25, -0.2) is 4.68 Å². The first kappa shape index (κ1) is 23.1. The van der Waals surface area contributed by atoms with Crippen LogP contribution in [-0.2, 0) is 17.5 Å². The predicted octanol–water partition coefficient (Wildman–Crippen LogP) is 4.81. The van der Waals surface area contributed by atoms with Crippen molar-refractivity contribution in [3.8, 4) is 5.69 Å². The molecule has 0 saturated carbocycles. The van der Waals surface area contributed by atoms with Crippen LogP contribution in [0.2, 0.25) is 0 Å². The molecule has 0 unspecified atom stereocenters. The van der Waals surface area contributed by atoms with Crippen LogP contribution in [0.3, 0.4) is 0 Å². The molecule has 3 rings (SSSR count). The Morgan fingerprint density at radius 3 is 2.28 bits per heavy atom. The van der Waals surface area contributed by atoms with Crippen LogP contribution in [-0.4, -0.2) is 21.6 Å². The van der Waals surface area contributed by atoms with Crippen LogP contribution in [0.5, 0.6) is 0 Å². The summed E-state index contributed by atoms with van der Waals surface area (Å²) in [5.41, 5.74) is 0.633. The number of hydrogen-bond donors (Lipinski definition) is 2. The number of nitrogens with zero attached hydrogens (tertiary/aromatic N) is 2. The van der Waals surface area contributed by atoms with Gasteiger partial charge in [0.2, 0.25) is 5.91 Å². The molecule has 0 aliphatic rings. The molecular formula is C23H23F3N4O2. The second-order valence-corrected chi connectivity index (χ2v) is 8.28. The molecular weight excluding hydrogens is 421 g/mol. The lowest BCUT2D eigenvalue weighted by Crippen LogP contribution is -2.28. The summed E-state index contributed by atoms with van der Waals surface area (Å²) in [6, 6.07) is 14.2. The first-order valence-corrected chi connectivity index (χ1v) is 9.85. The molecule has 0 spiro atoms. The largest absolute Gasteiger partial charge is 0.435 e. The number of nitrogens with one attached hydrogen (secondary N) is 2. The highest BCUT2D eigenvalue weighted by molar-refractivity contribution is 5.98. The molecule has 0 atom stereocenters. The second kappa shape index (κ2) is 8.86. The molecule has 3 aromatic rings. The number of carbonyl (C=O) groups excluding carboxylic acids is 2. The van der Waals surface area contributed by atoms with E-state index in [0.29, 0.717) is 16.9 Å². The fourth-order valence-corrected chi connectivity index (χ4v) is 2.73. The van der Waals surface area contributed by atoms with E-state index in [1.807, 2.05) is 0 Å². The zero-order valence-electron chi connectivity index (χ0n) is 17.8. The second-order valence-electron chi connectivity index (χ2n) is 8.28. The number of alkyl halides is 3. The van der Waals surface area contributed by atoms with E-state index in [-0.39, 0.29) is 18.4 Å². The van der Waals surface area contributed by atoms with Gasteiger partial charge in [-0.2, -0.15) is 18.3 Å². The molecule has 0 radical (unpaired) electrons. The summed E-state index contributed by atoms with van der Waals surface area (Å²) < 4.78 is 39.2. The van der Waals surface area contributed by atoms with Crippen molar-refractivity contribution in [3.05, 3.63) is 77.6 Å². The standard InChI is InChI=1S/C23H23F3N4O2/c1-22(2,3)21(32)28-17-6-4-5-16(13-17)20(31)27-14-15-7-9-18(10-8-15)30-12-11-19(29-30)23(24,25)26/h4-13H,14H2,1-3H3,(H,27,31)(H,28,32). The van der Waals surface area contributed by atoms with Crippen LogP contribution >= 0.6 is 0 Å². The molecule has 0 aliphatic heterocycles. The van der Waals surface area contributed by atoms with Crippen LogP contribution < -0.4 is 10.6 Å². The molecule has 0 fully saturated rings. The highest BCUT2D eigenvalue weighted by atomic mass is 19.4. The van der Waals surface area contributed by atoms with Gasteiger partial charge in [0.25, 0.3) is 5.91 Å². The Morgan fingerprint density at radius 2 is 1.69 bits per heavy atom. The van der Waals surface area contributed by atoms with Gasteiger partial charge in [0.15, 0.2) is 5.69 Å². The van der Waals surface area contributed by atoms with Crippen LogP contribution in [0, 0.1) is 5.41 Å². The average molecular weight is 444 g/mol. The molecule has 0 bridgehead atoms. The fourth-order valence-electron chi connectivity index (χ4n) is 2.73. The molecule has 1 aromatic heterocycles. The third-order valence-corrected chi connectivity index (χ3v) is 4.60. The Hall–Kier alpha value is -3.62. The van der Waals surface area contributed by atoms with E-state index in [0.717, 1.165) is 16.3 Å². The number of aromatic nitrogens is 2. The van der Waals surface area contributed by atoms with E-state index < -0.39 is 17.3 Å². The third kappa shape index (κ3) is 5.75. The van der Waals surface area contributed by atoms with Crippen molar-refractivity contribution in [2.75, 3.05) is 5.32 Å². The smallest absolute Gasteiger partial charge is 0.348 e. The molecule has 2 amide bonds. The molecule has 6 nitrogen and oxygen atoms in total. The van der Waals surface area contributed by atoms with Gasteiger partial charge in [-0.3, -0.25) is 9.59 Å². The molecule has 0 saturated heterocycles. The predicted molar refractivity (Wildman–Crippen MR) is 114 cm³/mol. The number of amides is 2. The summed E-state index contributed by atoms with van der Waals surface area (Å²) in [5.74, 6) is -0.475. The summed E-state index contributed by atoms with van der Waals surface area (Å²) in [6.45, 7) is 5.62. The van der Waals surface area contributed by atoms with E-state index in [1.165, 1.54) is 6.20 Å². The van der Waals surface area contributed by atoms with Crippen molar-refractivity contribution in [3.63, 3.8) is 0 Å². The Bertz CT molecular complexity index is 1110. The van der Waals surface area contributed by atoms with Crippen molar-refractivity contribution in [2.24, 2.45) is 5.41 Å². The van der Waals surface area contributed by atoms with Crippen LogP contribution in [0.25, 0.3) is 5.69 Å². The normalized spacial score (nSPS) is 11.8. The van der Waals surface area contributed by atoms with E-state index in [2.05, 4.69) is 15.7 Å². The number of benzene rings is 2. The molecule has 2 N–H and O–H groups in total. The maximum absolute atomic E-state index is 12.7. The number of carbonyl (C=O) groups is 2. The van der Waals surface area contributed by atoms with E-state index >= 15 is 0 Å². The highest BCUT2D eigenvalue weighted by Crippen LogP contribution is 2.28. The molecule has 1 heterocycles. The Balaban J connectivity index is 1.61. The molecule has 2 aromatic carbocycles. The Morgan fingerprint density at radius 1 is 1.00 bits per heavy atom. The number of hydrogen-bond acceptors (Lipinski definition) is 3. The molecule has 32 heavy (non-hydrogen) atoms. The van der Waals surface area contributed by atoms with Gasteiger partial charge < -0.3 is 10.6 Å². The van der Waals surface area contributed by atoms with Gasteiger partial charge in [-0.15, -0.1) is 0 Å². The zero-order valence-corrected chi connectivity index (χ0v) is 17.8. The maximum atomic E-state index is 12.7. The zero-order chi connectivity index (χ0) is 23.5. The van der Waals surface area contributed by atoms with Gasteiger partial charge in [-0.1, -0.05) is 39.0 Å². The third-order valence-electron chi connectivity index (χ3n) is 4.60. The van der Waals surface area contributed by atoms with Crippen molar-refractivity contribution in [2.45, 2.75) is 33.5 Å². The number of anilines is 1. The summed E-state index contributed by atoms with van der Waals surface area (Å²) >= 11 is 0. The monoisotopic (exact) mass is 444 g/mol. The van der Waals surface area contributed by atoms with Gasteiger partial charge in [-0.05, 0) is 42.0 Å². The molecule has 168 valence electrons. The molecule has 9 heteroatoms. The quantitative estimate of drug-likeness (QED) is 0.593. The lowest BCUT2D eigenvalue weighted by Gasteiger charge is -2.18. The minimum absolute atomic E-state index is 0.158.